The molecule has 4 aromatic rings. The van der Waals surface area contributed by atoms with Gasteiger partial charge in [-0.15, -0.1) is 0 Å². The minimum absolute atomic E-state index is 0.152. The van der Waals surface area contributed by atoms with Crippen LogP contribution in [0, 0.1) is 12.8 Å². The van der Waals surface area contributed by atoms with E-state index in [-0.39, 0.29) is 18.1 Å². The smallest absolute Gasteiger partial charge is 0.275 e. The third kappa shape index (κ3) is 4.51. The number of carbonyl (C=O) groups excluding carboxylic acids is 1. The van der Waals surface area contributed by atoms with Crippen LogP contribution in [-0.2, 0) is 20.6 Å². The van der Waals surface area contributed by atoms with E-state index >= 15 is 0 Å². The monoisotopic (exact) mass is 466 g/mol. The Labute approximate surface area is 196 Å². The van der Waals surface area contributed by atoms with Gasteiger partial charge in [-0.1, -0.05) is 13.3 Å². The van der Waals surface area contributed by atoms with Gasteiger partial charge < -0.3 is 10.2 Å². The third-order valence-corrected chi connectivity index (χ3v) is 6.07. The number of amides is 1. The molecule has 11 heteroatoms. The Balaban J connectivity index is 1.67. The van der Waals surface area contributed by atoms with Crippen LogP contribution >= 0.6 is 0 Å². The number of nitrogens with zero attached hydrogens (tertiary/aromatic N) is 6. The van der Waals surface area contributed by atoms with Crippen molar-refractivity contribution in [3.8, 4) is 11.3 Å². The number of rotatable bonds is 9. The highest BCUT2D eigenvalue weighted by atomic mass is 16.3. The van der Waals surface area contributed by atoms with Crippen LogP contribution in [0.1, 0.15) is 42.2 Å². The van der Waals surface area contributed by atoms with Gasteiger partial charge in [0.25, 0.3) is 11.5 Å². The zero-order valence-electron chi connectivity index (χ0n) is 19.9. The molecule has 0 radical (unpaired) electrons. The Bertz CT molecular complexity index is 1380. The molecule has 0 aromatic carbocycles. The fraction of sp³-hybridized carbons (Fsp3) is 0.435. The second-order valence-corrected chi connectivity index (χ2v) is 8.55. The van der Waals surface area contributed by atoms with Crippen molar-refractivity contribution in [2.45, 2.75) is 39.7 Å². The molecule has 34 heavy (non-hydrogen) atoms. The van der Waals surface area contributed by atoms with Crippen LogP contribution in [0.25, 0.3) is 22.4 Å². The lowest BCUT2D eigenvalue weighted by atomic mass is 10.0. The molecule has 4 aromatic heterocycles. The maximum absolute atomic E-state index is 13.3. The number of nitrogens with one attached hydrogen (secondary N) is 2. The van der Waals surface area contributed by atoms with Gasteiger partial charge in [0.2, 0.25) is 5.95 Å². The molecule has 0 bridgehead atoms. The molecule has 1 amide bonds. The Hall–Kier alpha value is -3.73. The zero-order chi connectivity index (χ0) is 24.4. The van der Waals surface area contributed by atoms with E-state index in [1.165, 1.54) is 4.68 Å². The van der Waals surface area contributed by atoms with E-state index in [2.05, 4.69) is 32.4 Å². The highest BCUT2D eigenvalue weighted by Crippen LogP contribution is 2.24. The van der Waals surface area contributed by atoms with Gasteiger partial charge in [-0.3, -0.25) is 33.8 Å². The molecule has 1 atom stereocenters. The Kier molecular flexibility index (Phi) is 6.64. The zero-order valence-corrected chi connectivity index (χ0v) is 19.9. The minimum atomic E-state index is -0.341. The van der Waals surface area contributed by atoms with Gasteiger partial charge in [0.15, 0.2) is 5.65 Å². The number of aliphatic hydroxyl groups is 1. The summed E-state index contributed by atoms with van der Waals surface area (Å²) in [4.78, 5) is 34.7. The van der Waals surface area contributed by atoms with Crippen LogP contribution in [-0.4, -0.2) is 51.7 Å². The molecule has 4 rings (SSSR count). The lowest BCUT2D eigenvalue weighted by Gasteiger charge is -2.18. The number of aryl methyl sites for hydroxylation is 3. The minimum Gasteiger partial charge on any atom is -0.396 e. The van der Waals surface area contributed by atoms with Crippen molar-refractivity contribution >= 4 is 23.0 Å². The first-order chi connectivity index (χ1) is 16.3. The number of aromatic amines is 1. The molecule has 0 unspecified atom stereocenters. The molecule has 4 heterocycles. The molecule has 180 valence electrons. The first-order valence-electron chi connectivity index (χ1n) is 11.4. The average molecular weight is 467 g/mol. The van der Waals surface area contributed by atoms with Crippen LogP contribution in [0.5, 0.6) is 0 Å². The highest BCUT2D eigenvalue weighted by Gasteiger charge is 2.21. The number of anilines is 1. The second-order valence-electron chi connectivity index (χ2n) is 8.55. The number of hydrogen-bond acceptors (Lipinski definition) is 6. The summed E-state index contributed by atoms with van der Waals surface area (Å²) < 4.78 is 5.08. The van der Waals surface area contributed by atoms with Crippen molar-refractivity contribution in [1.82, 2.24) is 34.1 Å². The van der Waals surface area contributed by atoms with Gasteiger partial charge >= 0.3 is 0 Å². The lowest BCUT2D eigenvalue weighted by Crippen LogP contribution is -2.20. The standard InChI is InChI=1S/C23H30N8O3/c1-5-15(7-6-8-32)13-31-21-19(12-25-29(21)3)27-23(31)28-20(33)16-9-14(2)26-18(10-16)17-11-24-30(4)22(17)34/h9-12,15,24,32H,5-8,13H2,1-4H3,(H,27,28,33)/t15-/m1/s1. The normalized spacial score (nSPS) is 12.4. The van der Waals surface area contributed by atoms with Crippen molar-refractivity contribution < 1.29 is 9.90 Å². The maximum atomic E-state index is 13.3. The summed E-state index contributed by atoms with van der Waals surface area (Å²) in [5.41, 5.74) is 3.13. The summed E-state index contributed by atoms with van der Waals surface area (Å²) in [5, 5.41) is 19.3. The molecule has 3 N–H and O–H groups in total. The number of aromatic nitrogens is 7. The van der Waals surface area contributed by atoms with Gasteiger partial charge in [0.05, 0.1) is 17.5 Å². The van der Waals surface area contributed by atoms with E-state index in [1.54, 1.807) is 43.2 Å². The molecule has 0 saturated carbocycles. The Morgan fingerprint density at radius 1 is 1.26 bits per heavy atom. The van der Waals surface area contributed by atoms with E-state index in [0.29, 0.717) is 46.4 Å². The summed E-state index contributed by atoms with van der Waals surface area (Å²) in [6.07, 6.45) is 5.78. The van der Waals surface area contributed by atoms with Crippen molar-refractivity contribution in [3.63, 3.8) is 0 Å². The molecular formula is C23H30N8O3. The van der Waals surface area contributed by atoms with Gasteiger partial charge in [-0.25, -0.2) is 4.98 Å². The van der Waals surface area contributed by atoms with Crippen LogP contribution in [0.4, 0.5) is 5.95 Å². The van der Waals surface area contributed by atoms with Crippen LogP contribution in [0.2, 0.25) is 0 Å². The third-order valence-electron chi connectivity index (χ3n) is 6.07. The van der Waals surface area contributed by atoms with Crippen molar-refractivity contribution in [3.05, 3.63) is 46.1 Å². The molecule has 0 aliphatic rings. The molecule has 0 spiro atoms. The van der Waals surface area contributed by atoms with Gasteiger partial charge in [0, 0.05) is 44.7 Å². The van der Waals surface area contributed by atoms with Gasteiger partial charge in [-0.2, -0.15) is 5.10 Å². The number of aliphatic hydroxyl groups excluding tert-OH is 1. The summed E-state index contributed by atoms with van der Waals surface area (Å²) in [5.74, 6) is 0.408. The summed E-state index contributed by atoms with van der Waals surface area (Å²) in [7, 11) is 3.47. The van der Waals surface area contributed by atoms with Crippen molar-refractivity contribution in [2.24, 2.45) is 20.0 Å². The predicted octanol–water partition coefficient (Wildman–Crippen LogP) is 2.22. The van der Waals surface area contributed by atoms with Crippen molar-refractivity contribution in [2.75, 3.05) is 11.9 Å². The fourth-order valence-electron chi connectivity index (χ4n) is 4.17. The van der Waals surface area contributed by atoms with Gasteiger partial charge in [-0.05, 0) is 37.8 Å². The van der Waals surface area contributed by atoms with Crippen molar-refractivity contribution in [1.29, 1.82) is 0 Å². The number of fused-ring (bicyclic) bond motifs is 1. The second kappa shape index (κ2) is 9.64. The molecule has 11 nitrogen and oxygen atoms in total. The molecule has 0 aliphatic carbocycles. The van der Waals surface area contributed by atoms with Crippen LogP contribution < -0.4 is 10.9 Å². The average Bonchev–Trinajstić information content (AvgIpc) is 3.46. The molecule has 0 fully saturated rings. The quantitative estimate of drug-likeness (QED) is 0.346. The number of imidazole rings is 1. The number of pyridine rings is 1. The first-order valence-corrected chi connectivity index (χ1v) is 11.4. The van der Waals surface area contributed by atoms with E-state index in [1.807, 2.05) is 11.6 Å². The number of hydrogen-bond donors (Lipinski definition) is 3. The largest absolute Gasteiger partial charge is 0.396 e. The SMILES string of the molecule is CC[C@H](CCCO)Cn1c(NC(=O)c2cc(C)nc(-c3c[nH]n(C)c3=O)c2)nc2cnn(C)c21. The van der Waals surface area contributed by atoms with Gasteiger partial charge in [0.1, 0.15) is 5.52 Å². The number of carbonyl (C=O) groups is 1. The topological polar surface area (TPSA) is 136 Å². The first kappa shape index (κ1) is 23.4. The molecule has 0 saturated heterocycles. The lowest BCUT2D eigenvalue weighted by molar-refractivity contribution is 0.102. The maximum Gasteiger partial charge on any atom is 0.275 e. The summed E-state index contributed by atoms with van der Waals surface area (Å²) in [6.45, 7) is 4.69. The van der Waals surface area contributed by atoms with E-state index in [0.717, 1.165) is 24.9 Å². The number of H-pyrrole nitrogens is 1. The highest BCUT2D eigenvalue weighted by molar-refractivity contribution is 6.04. The van der Waals surface area contributed by atoms with E-state index in [9.17, 15) is 14.7 Å². The molecular weight excluding hydrogens is 436 g/mol. The van der Waals surface area contributed by atoms with Crippen LogP contribution in [0.3, 0.4) is 0 Å². The summed E-state index contributed by atoms with van der Waals surface area (Å²) >= 11 is 0. The van der Waals surface area contributed by atoms with Crippen LogP contribution in [0.15, 0.2) is 29.3 Å². The Morgan fingerprint density at radius 2 is 2.06 bits per heavy atom. The van der Waals surface area contributed by atoms with E-state index in [4.69, 9.17) is 0 Å². The Morgan fingerprint density at radius 3 is 2.74 bits per heavy atom. The predicted molar refractivity (Wildman–Crippen MR) is 129 cm³/mol. The summed E-state index contributed by atoms with van der Waals surface area (Å²) in [6, 6.07) is 3.29. The van der Waals surface area contributed by atoms with E-state index < -0.39 is 0 Å². The molecule has 0 aliphatic heterocycles. The fourth-order valence-corrected chi connectivity index (χ4v) is 4.17.